The number of halogens is 2. The van der Waals surface area contributed by atoms with Gasteiger partial charge in [-0.05, 0) is 61.2 Å². The molecule has 6 nitrogen and oxygen atoms in total. The molecule has 0 saturated carbocycles. The van der Waals surface area contributed by atoms with E-state index in [0.29, 0.717) is 21.4 Å². The molecule has 0 spiro atoms. The van der Waals surface area contributed by atoms with Crippen molar-refractivity contribution in [2.24, 2.45) is 5.92 Å². The van der Waals surface area contributed by atoms with E-state index in [1.54, 1.807) is 18.2 Å². The Kier molecular flexibility index (Phi) is 6.59. The minimum absolute atomic E-state index is 0.370. The van der Waals surface area contributed by atoms with E-state index in [1.165, 1.54) is 12.8 Å². The molecule has 1 saturated heterocycles. The summed E-state index contributed by atoms with van der Waals surface area (Å²) >= 11 is 12.0. The molecule has 2 N–H and O–H groups in total. The Labute approximate surface area is 191 Å². The second kappa shape index (κ2) is 9.54. The Morgan fingerprint density at radius 1 is 1.00 bits per heavy atom. The van der Waals surface area contributed by atoms with Gasteiger partial charge in [0.2, 0.25) is 0 Å². The van der Waals surface area contributed by atoms with Crippen LogP contribution in [0.5, 0.6) is 0 Å². The van der Waals surface area contributed by atoms with Crippen LogP contribution in [0.1, 0.15) is 19.8 Å². The number of carbonyl (C=O) groups is 1. The van der Waals surface area contributed by atoms with Gasteiger partial charge in [0.1, 0.15) is 0 Å². The summed E-state index contributed by atoms with van der Waals surface area (Å²) < 4.78 is 0. The quantitative estimate of drug-likeness (QED) is 0.481. The van der Waals surface area contributed by atoms with Crippen LogP contribution in [0.4, 0.5) is 22.0 Å². The van der Waals surface area contributed by atoms with Crippen LogP contribution in [-0.4, -0.2) is 29.3 Å². The van der Waals surface area contributed by atoms with E-state index in [1.807, 2.05) is 36.4 Å². The van der Waals surface area contributed by atoms with Crippen molar-refractivity contribution in [3.8, 4) is 11.3 Å². The lowest BCUT2D eigenvalue weighted by Crippen LogP contribution is -2.33. The maximum absolute atomic E-state index is 12.4. The van der Waals surface area contributed by atoms with Crippen molar-refractivity contribution in [2.75, 3.05) is 28.6 Å². The standard InChI is InChI=1S/C23H23Cl2N5O/c1-15-9-11-30(12-10-15)22-8-7-20(28-29-22)16-3-2-4-18(13-16)26-23(31)27-21-6-5-17(24)14-19(21)25/h2-8,13-15H,9-12H2,1H3,(H2,26,27,31). The number of carbonyl (C=O) groups excluding carboxylic acids is 1. The second-order valence-corrected chi connectivity index (χ2v) is 8.57. The SMILES string of the molecule is CC1CCN(c2ccc(-c3cccc(NC(=O)Nc4ccc(Cl)cc4Cl)c3)nn2)CC1. The maximum atomic E-state index is 12.4. The molecule has 1 aliphatic heterocycles. The molecule has 1 fully saturated rings. The summed E-state index contributed by atoms with van der Waals surface area (Å²) in [6.07, 6.45) is 2.36. The summed E-state index contributed by atoms with van der Waals surface area (Å²) in [4.78, 5) is 14.6. The summed E-state index contributed by atoms with van der Waals surface area (Å²) in [5.41, 5.74) is 2.73. The molecule has 160 valence electrons. The molecule has 0 aliphatic carbocycles. The van der Waals surface area contributed by atoms with Crippen LogP contribution in [0, 0.1) is 5.92 Å². The fraction of sp³-hybridized carbons (Fsp3) is 0.261. The van der Waals surface area contributed by atoms with Gasteiger partial charge >= 0.3 is 6.03 Å². The van der Waals surface area contributed by atoms with Crippen molar-refractivity contribution in [3.63, 3.8) is 0 Å². The Balaban J connectivity index is 1.42. The highest BCUT2D eigenvalue weighted by atomic mass is 35.5. The first kappa shape index (κ1) is 21.4. The smallest absolute Gasteiger partial charge is 0.323 e. The summed E-state index contributed by atoms with van der Waals surface area (Å²) in [6, 6.07) is 15.9. The monoisotopic (exact) mass is 455 g/mol. The van der Waals surface area contributed by atoms with Gasteiger partial charge in [-0.15, -0.1) is 10.2 Å². The van der Waals surface area contributed by atoms with E-state index in [9.17, 15) is 4.79 Å². The lowest BCUT2D eigenvalue weighted by molar-refractivity contribution is 0.262. The lowest BCUT2D eigenvalue weighted by atomic mass is 9.99. The number of hydrogen-bond acceptors (Lipinski definition) is 4. The predicted molar refractivity (Wildman–Crippen MR) is 127 cm³/mol. The highest BCUT2D eigenvalue weighted by molar-refractivity contribution is 6.36. The molecule has 0 unspecified atom stereocenters. The zero-order valence-electron chi connectivity index (χ0n) is 17.1. The van der Waals surface area contributed by atoms with E-state index >= 15 is 0 Å². The Morgan fingerprint density at radius 2 is 1.81 bits per heavy atom. The molecule has 3 aromatic rings. The third-order valence-electron chi connectivity index (χ3n) is 5.35. The van der Waals surface area contributed by atoms with Crippen molar-refractivity contribution >= 4 is 46.4 Å². The van der Waals surface area contributed by atoms with Crippen LogP contribution in [0.3, 0.4) is 0 Å². The number of piperidine rings is 1. The van der Waals surface area contributed by atoms with Gasteiger partial charge in [0.15, 0.2) is 5.82 Å². The van der Waals surface area contributed by atoms with Gasteiger partial charge < -0.3 is 15.5 Å². The van der Waals surface area contributed by atoms with Gasteiger partial charge in [0.25, 0.3) is 0 Å². The molecule has 2 heterocycles. The molecule has 1 aliphatic rings. The first-order valence-corrected chi connectivity index (χ1v) is 11.0. The Hall–Kier alpha value is -2.83. The van der Waals surface area contributed by atoms with Gasteiger partial charge in [0.05, 0.1) is 16.4 Å². The van der Waals surface area contributed by atoms with Gasteiger partial charge in [-0.2, -0.15) is 0 Å². The third kappa shape index (κ3) is 5.46. The first-order chi connectivity index (χ1) is 15.0. The molecule has 0 bridgehead atoms. The molecule has 1 aromatic heterocycles. The molecule has 0 radical (unpaired) electrons. The van der Waals surface area contributed by atoms with E-state index in [2.05, 4.69) is 32.7 Å². The molecule has 8 heteroatoms. The van der Waals surface area contributed by atoms with Crippen LogP contribution in [0.15, 0.2) is 54.6 Å². The first-order valence-electron chi connectivity index (χ1n) is 10.2. The number of urea groups is 1. The molecular weight excluding hydrogens is 433 g/mol. The van der Waals surface area contributed by atoms with E-state index in [-0.39, 0.29) is 0 Å². The van der Waals surface area contributed by atoms with Gasteiger partial charge in [-0.3, -0.25) is 0 Å². The van der Waals surface area contributed by atoms with Gasteiger partial charge in [-0.25, -0.2) is 4.79 Å². The summed E-state index contributed by atoms with van der Waals surface area (Å²) in [5, 5.41) is 15.2. The van der Waals surface area contributed by atoms with Crippen LogP contribution in [0.25, 0.3) is 11.3 Å². The number of benzene rings is 2. The highest BCUT2D eigenvalue weighted by Gasteiger charge is 2.17. The van der Waals surface area contributed by atoms with Crippen molar-refractivity contribution in [1.82, 2.24) is 10.2 Å². The Bertz CT molecular complexity index is 1070. The molecule has 31 heavy (non-hydrogen) atoms. The summed E-state index contributed by atoms with van der Waals surface area (Å²) in [5.74, 6) is 1.68. The van der Waals surface area contributed by atoms with E-state index < -0.39 is 6.03 Å². The van der Waals surface area contributed by atoms with Crippen molar-refractivity contribution in [2.45, 2.75) is 19.8 Å². The lowest BCUT2D eigenvalue weighted by Gasteiger charge is -2.30. The van der Waals surface area contributed by atoms with Crippen molar-refractivity contribution < 1.29 is 4.79 Å². The van der Waals surface area contributed by atoms with E-state index in [0.717, 1.165) is 36.1 Å². The normalized spacial score (nSPS) is 14.4. The average molecular weight is 456 g/mol. The Morgan fingerprint density at radius 3 is 2.52 bits per heavy atom. The number of rotatable bonds is 4. The molecular formula is C23H23Cl2N5O. The van der Waals surface area contributed by atoms with Crippen LogP contribution >= 0.6 is 23.2 Å². The zero-order chi connectivity index (χ0) is 21.8. The second-order valence-electron chi connectivity index (χ2n) is 7.73. The number of nitrogens with one attached hydrogen (secondary N) is 2. The number of aromatic nitrogens is 2. The minimum Gasteiger partial charge on any atom is -0.355 e. The summed E-state index contributed by atoms with van der Waals surface area (Å²) in [6.45, 7) is 4.32. The largest absolute Gasteiger partial charge is 0.355 e. The fourth-order valence-electron chi connectivity index (χ4n) is 3.52. The molecule has 0 atom stereocenters. The fourth-order valence-corrected chi connectivity index (χ4v) is 3.97. The average Bonchev–Trinajstić information content (AvgIpc) is 2.77. The number of hydrogen-bond donors (Lipinski definition) is 2. The van der Waals surface area contributed by atoms with Crippen LogP contribution in [0.2, 0.25) is 10.0 Å². The summed E-state index contributed by atoms with van der Waals surface area (Å²) in [7, 11) is 0. The molecule has 4 rings (SSSR count). The topological polar surface area (TPSA) is 70.2 Å². The third-order valence-corrected chi connectivity index (χ3v) is 5.90. The van der Waals surface area contributed by atoms with Crippen molar-refractivity contribution in [3.05, 3.63) is 64.6 Å². The number of nitrogens with zero attached hydrogens (tertiary/aromatic N) is 3. The van der Waals surface area contributed by atoms with Crippen LogP contribution < -0.4 is 15.5 Å². The minimum atomic E-state index is -0.401. The molecule has 2 aromatic carbocycles. The zero-order valence-corrected chi connectivity index (χ0v) is 18.6. The van der Waals surface area contributed by atoms with Crippen LogP contribution in [-0.2, 0) is 0 Å². The maximum Gasteiger partial charge on any atom is 0.323 e. The highest BCUT2D eigenvalue weighted by Crippen LogP contribution is 2.27. The van der Waals surface area contributed by atoms with Gasteiger partial charge in [0, 0.05) is 29.4 Å². The van der Waals surface area contributed by atoms with Crippen molar-refractivity contribution in [1.29, 1.82) is 0 Å². The molecule has 2 amide bonds. The predicted octanol–water partition coefficient (Wildman–Crippen LogP) is 6.33. The van der Waals surface area contributed by atoms with E-state index in [4.69, 9.17) is 23.2 Å². The number of anilines is 3. The number of amides is 2. The van der Waals surface area contributed by atoms with Gasteiger partial charge in [-0.1, -0.05) is 42.3 Å².